The van der Waals surface area contributed by atoms with E-state index in [9.17, 15) is 14.4 Å². The Labute approximate surface area is 93.6 Å². The summed E-state index contributed by atoms with van der Waals surface area (Å²) in [6.45, 7) is 1.57. The molecule has 0 saturated carbocycles. The van der Waals surface area contributed by atoms with Gasteiger partial charge < -0.3 is 21.1 Å². The molecule has 0 fully saturated rings. The fourth-order valence-electron chi connectivity index (χ4n) is 1.11. The van der Waals surface area contributed by atoms with Crippen molar-refractivity contribution in [1.82, 2.24) is 10.2 Å². The van der Waals surface area contributed by atoms with Gasteiger partial charge in [-0.15, -0.1) is 0 Å². The van der Waals surface area contributed by atoms with E-state index in [-0.39, 0.29) is 6.54 Å². The standard InChI is InChI=1S/C9H17N3O4/c1-3-4-6(8(14)15)11-9(16)12(2)5-7(10)13/h6H,3-5H2,1-2H3,(H2,10,13)(H,11,16)(H,14,15)/t6-/m1/s1. The molecule has 16 heavy (non-hydrogen) atoms. The lowest BCUT2D eigenvalue weighted by molar-refractivity contribution is -0.139. The Balaban J connectivity index is 4.28. The highest BCUT2D eigenvalue weighted by Gasteiger charge is 2.21. The molecule has 1 atom stereocenters. The van der Waals surface area contributed by atoms with Crippen LogP contribution in [0.4, 0.5) is 4.79 Å². The van der Waals surface area contributed by atoms with Crippen molar-refractivity contribution >= 4 is 17.9 Å². The Hall–Kier alpha value is -1.79. The van der Waals surface area contributed by atoms with Crippen LogP contribution in [0.2, 0.25) is 0 Å². The minimum atomic E-state index is -1.09. The molecule has 0 radical (unpaired) electrons. The number of nitrogens with one attached hydrogen (secondary N) is 1. The monoisotopic (exact) mass is 231 g/mol. The number of aliphatic carboxylic acids is 1. The summed E-state index contributed by atoms with van der Waals surface area (Å²) >= 11 is 0. The SMILES string of the molecule is CCC[C@@H](NC(=O)N(C)CC(N)=O)C(=O)O. The fourth-order valence-corrected chi connectivity index (χ4v) is 1.11. The molecule has 3 amide bonds. The maximum atomic E-state index is 11.4. The lowest BCUT2D eigenvalue weighted by Gasteiger charge is -2.19. The van der Waals surface area contributed by atoms with Gasteiger partial charge in [-0.1, -0.05) is 13.3 Å². The normalized spacial score (nSPS) is 11.6. The third kappa shape index (κ3) is 5.18. The summed E-state index contributed by atoms with van der Waals surface area (Å²) in [6, 6.07) is -1.56. The maximum absolute atomic E-state index is 11.4. The predicted octanol–water partition coefficient (Wildman–Crippen LogP) is -0.634. The molecule has 0 aromatic heterocycles. The Morgan fingerprint density at radius 3 is 2.38 bits per heavy atom. The summed E-state index contributed by atoms with van der Waals surface area (Å²) in [6.07, 6.45) is 0.974. The van der Waals surface area contributed by atoms with Gasteiger partial charge in [0, 0.05) is 7.05 Å². The Kier molecular flexibility index (Phi) is 5.91. The van der Waals surface area contributed by atoms with Crippen LogP contribution in [0.15, 0.2) is 0 Å². The van der Waals surface area contributed by atoms with E-state index < -0.39 is 23.9 Å². The molecule has 0 aliphatic carbocycles. The topological polar surface area (TPSA) is 113 Å². The van der Waals surface area contributed by atoms with Gasteiger partial charge in [-0.2, -0.15) is 0 Å². The summed E-state index contributed by atoms with van der Waals surface area (Å²) in [5.74, 6) is -1.75. The van der Waals surface area contributed by atoms with Crippen molar-refractivity contribution in [1.29, 1.82) is 0 Å². The molecule has 0 aliphatic rings. The van der Waals surface area contributed by atoms with Gasteiger partial charge in [-0.3, -0.25) is 4.79 Å². The summed E-state index contributed by atoms with van der Waals surface area (Å²) in [5, 5.41) is 11.1. The Bertz CT molecular complexity index is 280. The number of likely N-dealkylation sites (N-methyl/N-ethyl adjacent to an activating group) is 1. The molecule has 7 nitrogen and oxygen atoms in total. The highest BCUT2D eigenvalue weighted by Crippen LogP contribution is 1.98. The first-order valence-electron chi connectivity index (χ1n) is 4.91. The predicted molar refractivity (Wildman–Crippen MR) is 56.7 cm³/mol. The van der Waals surface area contributed by atoms with Crippen molar-refractivity contribution in [2.45, 2.75) is 25.8 Å². The van der Waals surface area contributed by atoms with E-state index in [0.717, 1.165) is 4.90 Å². The minimum Gasteiger partial charge on any atom is -0.480 e. The molecule has 92 valence electrons. The summed E-state index contributed by atoms with van der Waals surface area (Å²) in [5.41, 5.74) is 4.90. The van der Waals surface area contributed by atoms with Crippen LogP contribution < -0.4 is 11.1 Å². The lowest BCUT2D eigenvalue weighted by Crippen LogP contribution is -2.48. The van der Waals surface area contributed by atoms with Crippen LogP contribution >= 0.6 is 0 Å². The highest BCUT2D eigenvalue weighted by atomic mass is 16.4. The molecule has 4 N–H and O–H groups in total. The molecular weight excluding hydrogens is 214 g/mol. The molecule has 7 heteroatoms. The summed E-state index contributed by atoms with van der Waals surface area (Å²) in [7, 11) is 1.37. The molecule has 0 aromatic carbocycles. The molecule has 0 aliphatic heterocycles. The van der Waals surface area contributed by atoms with Crippen LogP contribution in [0.1, 0.15) is 19.8 Å². The number of hydrogen-bond acceptors (Lipinski definition) is 3. The first-order valence-corrected chi connectivity index (χ1v) is 4.91. The number of carbonyl (C=O) groups excluding carboxylic acids is 2. The smallest absolute Gasteiger partial charge is 0.326 e. The van der Waals surface area contributed by atoms with Crippen LogP contribution in [0, 0.1) is 0 Å². The van der Waals surface area contributed by atoms with E-state index in [2.05, 4.69) is 5.32 Å². The first-order chi connectivity index (χ1) is 7.38. The molecule has 0 unspecified atom stereocenters. The van der Waals surface area contributed by atoms with E-state index in [1.807, 2.05) is 6.92 Å². The Morgan fingerprint density at radius 2 is 2.00 bits per heavy atom. The van der Waals surface area contributed by atoms with Gasteiger partial charge in [0.25, 0.3) is 0 Å². The number of primary amides is 1. The lowest BCUT2D eigenvalue weighted by atomic mass is 10.2. The van der Waals surface area contributed by atoms with Gasteiger partial charge in [0.15, 0.2) is 0 Å². The van der Waals surface area contributed by atoms with Gasteiger partial charge in [0.05, 0.1) is 0 Å². The largest absolute Gasteiger partial charge is 0.480 e. The van der Waals surface area contributed by atoms with E-state index >= 15 is 0 Å². The zero-order valence-electron chi connectivity index (χ0n) is 9.40. The maximum Gasteiger partial charge on any atom is 0.326 e. The third-order valence-corrected chi connectivity index (χ3v) is 1.91. The van der Waals surface area contributed by atoms with Crippen molar-refractivity contribution < 1.29 is 19.5 Å². The number of urea groups is 1. The quantitative estimate of drug-likeness (QED) is 0.564. The van der Waals surface area contributed by atoms with Crippen LogP contribution in [0.25, 0.3) is 0 Å². The zero-order chi connectivity index (χ0) is 12.7. The van der Waals surface area contributed by atoms with Crippen molar-refractivity contribution in [2.24, 2.45) is 5.73 Å². The highest BCUT2D eigenvalue weighted by molar-refractivity contribution is 5.85. The number of nitrogens with two attached hydrogens (primary N) is 1. The number of rotatable bonds is 6. The van der Waals surface area contributed by atoms with Crippen molar-refractivity contribution in [2.75, 3.05) is 13.6 Å². The fraction of sp³-hybridized carbons (Fsp3) is 0.667. The molecule has 0 spiro atoms. The van der Waals surface area contributed by atoms with E-state index in [1.165, 1.54) is 7.05 Å². The Morgan fingerprint density at radius 1 is 1.44 bits per heavy atom. The third-order valence-electron chi connectivity index (χ3n) is 1.91. The van der Waals surface area contributed by atoms with E-state index in [4.69, 9.17) is 10.8 Å². The number of carboxylic acids is 1. The number of nitrogens with zero attached hydrogens (tertiary/aromatic N) is 1. The second kappa shape index (κ2) is 6.65. The molecule has 0 bridgehead atoms. The number of carbonyl (C=O) groups is 3. The molecule has 0 aromatic rings. The number of amides is 3. The second-order valence-electron chi connectivity index (χ2n) is 3.45. The number of carboxylic acid groups (broad SMARTS) is 1. The van der Waals surface area contributed by atoms with Gasteiger partial charge in [-0.25, -0.2) is 9.59 Å². The molecule has 0 rings (SSSR count). The van der Waals surface area contributed by atoms with Crippen LogP contribution in [-0.2, 0) is 9.59 Å². The van der Waals surface area contributed by atoms with Gasteiger partial charge >= 0.3 is 12.0 Å². The zero-order valence-corrected chi connectivity index (χ0v) is 9.40. The van der Waals surface area contributed by atoms with Gasteiger partial charge in [0.1, 0.15) is 12.6 Å². The van der Waals surface area contributed by atoms with Crippen LogP contribution in [0.5, 0.6) is 0 Å². The average molecular weight is 231 g/mol. The summed E-state index contributed by atoms with van der Waals surface area (Å²) in [4.78, 5) is 33.7. The van der Waals surface area contributed by atoms with Crippen LogP contribution in [-0.4, -0.2) is 47.5 Å². The van der Waals surface area contributed by atoms with Crippen molar-refractivity contribution in [3.63, 3.8) is 0 Å². The first kappa shape index (κ1) is 14.2. The van der Waals surface area contributed by atoms with Crippen molar-refractivity contribution in [3.8, 4) is 0 Å². The minimum absolute atomic E-state index is 0.246. The van der Waals surface area contributed by atoms with E-state index in [1.54, 1.807) is 0 Å². The average Bonchev–Trinajstić information content (AvgIpc) is 2.15. The number of hydrogen-bond donors (Lipinski definition) is 3. The van der Waals surface area contributed by atoms with Crippen molar-refractivity contribution in [3.05, 3.63) is 0 Å². The van der Waals surface area contributed by atoms with Crippen LogP contribution in [0.3, 0.4) is 0 Å². The van der Waals surface area contributed by atoms with E-state index in [0.29, 0.717) is 12.8 Å². The molecular formula is C9H17N3O4. The molecule has 0 saturated heterocycles. The van der Waals surface area contributed by atoms with Gasteiger partial charge in [0.2, 0.25) is 5.91 Å². The molecule has 0 heterocycles. The van der Waals surface area contributed by atoms with Gasteiger partial charge in [-0.05, 0) is 6.42 Å². The second-order valence-corrected chi connectivity index (χ2v) is 3.45. The summed E-state index contributed by atoms with van der Waals surface area (Å²) < 4.78 is 0.